The minimum absolute atomic E-state index is 0.407. The Labute approximate surface area is 204 Å². The molecule has 0 saturated carbocycles. The van der Waals surface area contributed by atoms with Crippen molar-refractivity contribution in [1.82, 2.24) is 4.57 Å². The van der Waals surface area contributed by atoms with Crippen LogP contribution in [0.3, 0.4) is 0 Å². The van der Waals surface area contributed by atoms with Gasteiger partial charge in [-0.3, -0.25) is 0 Å². The summed E-state index contributed by atoms with van der Waals surface area (Å²) in [7, 11) is -0.471. The molecule has 1 aliphatic heterocycles. The Morgan fingerprint density at radius 3 is 1.89 bits per heavy atom. The minimum atomic E-state index is -0.471. The van der Waals surface area contributed by atoms with Gasteiger partial charge < -0.3 is 18.3 Å². The zero-order chi connectivity index (χ0) is 23.9. The van der Waals surface area contributed by atoms with Crippen molar-refractivity contribution in [3.05, 3.63) is 84.9 Å². The lowest BCUT2D eigenvalue weighted by molar-refractivity contribution is 0.00578. The average Bonchev–Trinajstić information content (AvgIpc) is 3.45. The fraction of sp³-hybridized carbons (Fsp3) is 0.200. The monoisotopic (exact) mass is 459 g/mol. The van der Waals surface area contributed by atoms with Crippen LogP contribution in [0.4, 0.5) is 0 Å². The van der Waals surface area contributed by atoms with Gasteiger partial charge in [0.1, 0.15) is 11.2 Å². The van der Waals surface area contributed by atoms with Gasteiger partial charge in [-0.2, -0.15) is 0 Å². The van der Waals surface area contributed by atoms with Gasteiger partial charge in [0, 0.05) is 32.7 Å². The average molecular weight is 459 g/mol. The van der Waals surface area contributed by atoms with Crippen LogP contribution in [0.15, 0.2) is 89.3 Å². The highest BCUT2D eigenvalue weighted by Crippen LogP contribution is 2.39. The number of rotatable bonds is 2. The first-order chi connectivity index (χ1) is 16.8. The van der Waals surface area contributed by atoms with E-state index >= 15 is 0 Å². The summed E-state index contributed by atoms with van der Waals surface area (Å²) >= 11 is 0. The zero-order valence-corrected chi connectivity index (χ0v) is 20.3. The second kappa shape index (κ2) is 7.00. The van der Waals surface area contributed by atoms with Crippen LogP contribution < -0.4 is 5.46 Å². The maximum Gasteiger partial charge on any atom is 0.498 e. The van der Waals surface area contributed by atoms with Gasteiger partial charge >= 0.3 is 7.12 Å². The number of fused-ring (bicyclic) bond motifs is 6. The number of benzene rings is 4. The second-order valence-corrected chi connectivity index (χ2v) is 10.5. The molecule has 0 bridgehead atoms. The summed E-state index contributed by atoms with van der Waals surface area (Å²) in [5.41, 5.74) is 5.28. The Hall–Kier alpha value is -3.54. The van der Waals surface area contributed by atoms with Gasteiger partial charge in [0.25, 0.3) is 0 Å². The Morgan fingerprint density at radius 1 is 0.629 bits per heavy atom. The van der Waals surface area contributed by atoms with Gasteiger partial charge in [-0.1, -0.05) is 54.6 Å². The molecule has 172 valence electrons. The number of hydrogen-bond donors (Lipinski definition) is 0. The van der Waals surface area contributed by atoms with Crippen LogP contribution in [0.2, 0.25) is 0 Å². The molecule has 1 fully saturated rings. The maximum atomic E-state index is 6.41. The van der Waals surface area contributed by atoms with E-state index in [1.165, 1.54) is 21.8 Å². The first kappa shape index (κ1) is 20.8. The number of hydrogen-bond acceptors (Lipinski definition) is 3. The molecule has 5 heteroatoms. The molecule has 4 aromatic carbocycles. The number of aromatic nitrogens is 1. The predicted octanol–water partition coefficient (Wildman–Crippen LogP) is 6.98. The highest BCUT2D eigenvalue weighted by atomic mass is 16.7. The lowest BCUT2D eigenvalue weighted by Gasteiger charge is -2.32. The third kappa shape index (κ3) is 2.89. The molecule has 4 nitrogen and oxygen atoms in total. The van der Waals surface area contributed by atoms with E-state index in [1.54, 1.807) is 0 Å². The van der Waals surface area contributed by atoms with E-state index < -0.39 is 18.3 Å². The van der Waals surface area contributed by atoms with Crippen molar-refractivity contribution < 1.29 is 13.7 Å². The molecule has 7 rings (SSSR count). The minimum Gasteiger partial charge on any atom is -0.456 e. The van der Waals surface area contributed by atoms with E-state index in [2.05, 4.69) is 111 Å². The smallest absolute Gasteiger partial charge is 0.456 e. The van der Waals surface area contributed by atoms with Crippen LogP contribution in [0.1, 0.15) is 27.7 Å². The van der Waals surface area contributed by atoms with Crippen molar-refractivity contribution in [2.75, 3.05) is 0 Å². The lowest BCUT2D eigenvalue weighted by atomic mass is 9.78. The van der Waals surface area contributed by atoms with Crippen LogP contribution in [0.5, 0.6) is 0 Å². The van der Waals surface area contributed by atoms with E-state index in [0.29, 0.717) is 0 Å². The molecule has 0 unspecified atom stereocenters. The summed E-state index contributed by atoms with van der Waals surface area (Å²) in [6.45, 7) is 8.29. The molecule has 0 amide bonds. The van der Waals surface area contributed by atoms with Gasteiger partial charge in [-0.05, 0) is 58.0 Å². The van der Waals surface area contributed by atoms with Gasteiger partial charge in [-0.25, -0.2) is 0 Å². The summed E-state index contributed by atoms with van der Waals surface area (Å²) in [5.74, 6) is 0. The molecule has 0 spiro atoms. The SMILES string of the molecule is CC1(C)OB(c2cccc3c2oc2ccc(-n4c5ccccc5c5ccccc54)cc23)OC1(C)C. The molecule has 0 N–H and O–H groups in total. The fourth-order valence-electron chi connectivity index (χ4n) is 5.30. The summed E-state index contributed by atoms with van der Waals surface area (Å²) in [5, 5.41) is 4.65. The van der Waals surface area contributed by atoms with Crippen molar-refractivity contribution in [3.63, 3.8) is 0 Å². The highest BCUT2D eigenvalue weighted by Gasteiger charge is 2.52. The van der Waals surface area contributed by atoms with Crippen molar-refractivity contribution in [3.8, 4) is 5.69 Å². The topological polar surface area (TPSA) is 36.5 Å². The Balaban J connectivity index is 1.44. The van der Waals surface area contributed by atoms with Crippen LogP contribution in [0.25, 0.3) is 49.4 Å². The lowest BCUT2D eigenvalue weighted by Crippen LogP contribution is -2.41. The first-order valence-electron chi connectivity index (χ1n) is 12.1. The number of para-hydroxylation sites is 3. The van der Waals surface area contributed by atoms with E-state index in [1.807, 2.05) is 6.07 Å². The van der Waals surface area contributed by atoms with Crippen molar-refractivity contribution >= 4 is 56.3 Å². The van der Waals surface area contributed by atoms with Gasteiger partial charge in [0.2, 0.25) is 0 Å². The molecule has 3 heterocycles. The first-order valence-corrected chi connectivity index (χ1v) is 12.1. The molecular formula is C30H26BNO3. The molecule has 1 saturated heterocycles. The quantitative estimate of drug-likeness (QED) is 0.262. The van der Waals surface area contributed by atoms with Gasteiger partial charge in [-0.15, -0.1) is 0 Å². The molecule has 0 aliphatic carbocycles. The zero-order valence-electron chi connectivity index (χ0n) is 20.3. The summed E-state index contributed by atoms with van der Waals surface area (Å²) in [4.78, 5) is 0. The van der Waals surface area contributed by atoms with Crippen LogP contribution >= 0.6 is 0 Å². The fourth-order valence-corrected chi connectivity index (χ4v) is 5.30. The summed E-state index contributed by atoms with van der Waals surface area (Å²) < 4.78 is 21.4. The third-order valence-electron chi connectivity index (χ3n) is 7.86. The van der Waals surface area contributed by atoms with Crippen LogP contribution in [-0.4, -0.2) is 22.9 Å². The Morgan fingerprint density at radius 2 is 1.23 bits per heavy atom. The number of nitrogens with zero attached hydrogens (tertiary/aromatic N) is 1. The van der Waals surface area contributed by atoms with Crippen LogP contribution in [0, 0.1) is 0 Å². The Kier molecular flexibility index (Phi) is 4.16. The largest absolute Gasteiger partial charge is 0.498 e. The normalized spacial score (nSPS) is 17.3. The molecular weight excluding hydrogens is 433 g/mol. The van der Waals surface area contributed by atoms with Crippen molar-refractivity contribution in [2.24, 2.45) is 0 Å². The predicted molar refractivity (Wildman–Crippen MR) is 144 cm³/mol. The molecule has 0 atom stereocenters. The summed E-state index contributed by atoms with van der Waals surface area (Å²) in [6.07, 6.45) is 0. The van der Waals surface area contributed by atoms with E-state index in [4.69, 9.17) is 13.7 Å². The van der Waals surface area contributed by atoms with Crippen LogP contribution in [-0.2, 0) is 9.31 Å². The van der Waals surface area contributed by atoms with Crippen molar-refractivity contribution in [1.29, 1.82) is 0 Å². The van der Waals surface area contributed by atoms with Crippen molar-refractivity contribution in [2.45, 2.75) is 38.9 Å². The maximum absolute atomic E-state index is 6.41. The standard InChI is InChI=1S/C30H26BNO3/c1-29(2)30(3,4)35-31(34-29)24-13-9-12-22-23-18-19(16-17-27(23)33-28(22)24)32-25-14-7-5-10-20(25)21-11-6-8-15-26(21)32/h5-18H,1-4H3. The molecule has 1 aliphatic rings. The highest BCUT2D eigenvalue weighted by molar-refractivity contribution is 6.65. The molecule has 0 radical (unpaired) electrons. The molecule has 35 heavy (non-hydrogen) atoms. The number of furan rings is 1. The molecule has 2 aromatic heterocycles. The molecule has 6 aromatic rings. The van der Waals surface area contributed by atoms with E-state index in [0.717, 1.165) is 33.1 Å². The van der Waals surface area contributed by atoms with E-state index in [9.17, 15) is 0 Å². The second-order valence-electron chi connectivity index (χ2n) is 10.5. The Bertz CT molecular complexity index is 1710. The van der Waals surface area contributed by atoms with E-state index in [-0.39, 0.29) is 0 Å². The van der Waals surface area contributed by atoms with Gasteiger partial charge in [0.05, 0.1) is 22.2 Å². The van der Waals surface area contributed by atoms with Gasteiger partial charge in [0.15, 0.2) is 0 Å². The summed E-state index contributed by atoms with van der Waals surface area (Å²) in [6, 6.07) is 29.8. The third-order valence-corrected chi connectivity index (χ3v) is 7.86.